The van der Waals surface area contributed by atoms with Gasteiger partial charge in [-0.3, -0.25) is 5.10 Å². The fourth-order valence-electron chi connectivity index (χ4n) is 2.16. The number of fused-ring (bicyclic) bond motifs is 1. The zero-order chi connectivity index (χ0) is 14.8. The maximum Gasteiger partial charge on any atom is 0.357 e. The number of rotatable bonds is 4. The van der Waals surface area contributed by atoms with E-state index in [0.29, 0.717) is 17.4 Å². The molecule has 0 bridgehead atoms. The highest BCUT2D eigenvalue weighted by atomic mass is 16.4. The van der Waals surface area contributed by atoms with Gasteiger partial charge in [0.05, 0.1) is 5.52 Å². The van der Waals surface area contributed by atoms with Crippen LogP contribution in [-0.2, 0) is 6.54 Å². The number of phenolic OH excluding ortho intramolecular Hbond substituents is 1. The summed E-state index contributed by atoms with van der Waals surface area (Å²) in [5.41, 5.74) is 2.47. The lowest BCUT2D eigenvalue weighted by molar-refractivity contribution is 0.0692. The standard InChI is InChI=1S/C15H13N3O3/c19-11-3-1-2-9(6-11)8-16-10-4-5-12-13(7-10)17-18-14(12)15(20)21/h1-7,16,19H,8H2,(H,17,18)(H,20,21). The van der Waals surface area contributed by atoms with Crippen molar-refractivity contribution in [2.45, 2.75) is 6.54 Å². The molecule has 21 heavy (non-hydrogen) atoms. The number of benzene rings is 2. The van der Waals surface area contributed by atoms with Gasteiger partial charge in [0.15, 0.2) is 5.69 Å². The lowest BCUT2D eigenvalue weighted by atomic mass is 10.1. The number of aromatic amines is 1. The Kier molecular flexibility index (Phi) is 3.19. The van der Waals surface area contributed by atoms with E-state index < -0.39 is 5.97 Å². The number of hydrogen-bond acceptors (Lipinski definition) is 4. The van der Waals surface area contributed by atoms with E-state index in [1.165, 1.54) is 0 Å². The maximum atomic E-state index is 11.0. The number of carboxylic acid groups (broad SMARTS) is 1. The Labute approximate surface area is 120 Å². The van der Waals surface area contributed by atoms with Crippen molar-refractivity contribution in [2.24, 2.45) is 0 Å². The second-order valence-electron chi connectivity index (χ2n) is 4.66. The van der Waals surface area contributed by atoms with E-state index in [1.54, 1.807) is 36.4 Å². The van der Waals surface area contributed by atoms with Crippen molar-refractivity contribution in [3.63, 3.8) is 0 Å². The first-order valence-corrected chi connectivity index (χ1v) is 6.37. The molecule has 0 fully saturated rings. The maximum absolute atomic E-state index is 11.0. The van der Waals surface area contributed by atoms with Gasteiger partial charge in [-0.25, -0.2) is 4.79 Å². The molecule has 0 spiro atoms. The zero-order valence-electron chi connectivity index (χ0n) is 11.0. The van der Waals surface area contributed by atoms with Crippen LogP contribution < -0.4 is 5.32 Å². The number of hydrogen-bond donors (Lipinski definition) is 4. The van der Waals surface area contributed by atoms with E-state index in [4.69, 9.17) is 5.11 Å². The van der Waals surface area contributed by atoms with Gasteiger partial charge in [-0.15, -0.1) is 0 Å². The number of carboxylic acids is 1. The summed E-state index contributed by atoms with van der Waals surface area (Å²) in [7, 11) is 0. The second kappa shape index (κ2) is 5.16. The average molecular weight is 283 g/mol. The number of nitrogens with zero attached hydrogens (tertiary/aromatic N) is 1. The molecule has 0 radical (unpaired) electrons. The quantitative estimate of drug-likeness (QED) is 0.590. The molecule has 0 aliphatic heterocycles. The highest BCUT2D eigenvalue weighted by molar-refractivity contribution is 6.01. The molecule has 0 saturated heterocycles. The zero-order valence-corrected chi connectivity index (χ0v) is 11.0. The normalized spacial score (nSPS) is 10.7. The van der Waals surface area contributed by atoms with Crippen LogP contribution in [0.1, 0.15) is 16.1 Å². The fraction of sp³-hybridized carbons (Fsp3) is 0.0667. The summed E-state index contributed by atoms with van der Waals surface area (Å²) in [6.07, 6.45) is 0. The van der Waals surface area contributed by atoms with Crippen molar-refractivity contribution >= 4 is 22.6 Å². The van der Waals surface area contributed by atoms with Gasteiger partial charge < -0.3 is 15.5 Å². The predicted molar refractivity (Wildman–Crippen MR) is 78.5 cm³/mol. The number of aromatic hydroxyl groups is 1. The molecule has 0 amide bonds. The van der Waals surface area contributed by atoms with Crippen molar-refractivity contribution in [1.82, 2.24) is 10.2 Å². The molecule has 6 nitrogen and oxygen atoms in total. The lowest BCUT2D eigenvalue weighted by Gasteiger charge is -2.07. The van der Waals surface area contributed by atoms with Gasteiger partial charge in [-0.05, 0) is 35.9 Å². The molecule has 1 heterocycles. The summed E-state index contributed by atoms with van der Waals surface area (Å²) in [5, 5.41) is 28.7. The largest absolute Gasteiger partial charge is 0.508 e. The number of aromatic carboxylic acids is 1. The third-order valence-corrected chi connectivity index (χ3v) is 3.17. The Morgan fingerprint density at radius 3 is 2.86 bits per heavy atom. The molecule has 3 rings (SSSR count). The van der Waals surface area contributed by atoms with Crippen LogP contribution in [0.15, 0.2) is 42.5 Å². The van der Waals surface area contributed by atoms with E-state index >= 15 is 0 Å². The summed E-state index contributed by atoms with van der Waals surface area (Å²) < 4.78 is 0. The average Bonchev–Trinajstić information content (AvgIpc) is 2.88. The summed E-state index contributed by atoms with van der Waals surface area (Å²) in [5.74, 6) is -0.828. The molecular formula is C15H13N3O3. The highest BCUT2D eigenvalue weighted by Gasteiger charge is 2.12. The fourth-order valence-corrected chi connectivity index (χ4v) is 2.16. The van der Waals surface area contributed by atoms with Crippen molar-refractivity contribution in [1.29, 1.82) is 0 Å². The monoisotopic (exact) mass is 283 g/mol. The highest BCUT2D eigenvalue weighted by Crippen LogP contribution is 2.21. The summed E-state index contributed by atoms with van der Waals surface area (Å²) in [6, 6.07) is 12.3. The van der Waals surface area contributed by atoms with Gasteiger partial charge >= 0.3 is 5.97 Å². The van der Waals surface area contributed by atoms with Crippen molar-refractivity contribution in [3.8, 4) is 5.75 Å². The second-order valence-corrected chi connectivity index (χ2v) is 4.66. The van der Waals surface area contributed by atoms with Crippen LogP contribution in [0, 0.1) is 0 Å². The summed E-state index contributed by atoms with van der Waals surface area (Å²) in [6.45, 7) is 0.555. The molecule has 0 aliphatic carbocycles. The third-order valence-electron chi connectivity index (χ3n) is 3.17. The van der Waals surface area contributed by atoms with E-state index in [0.717, 1.165) is 11.3 Å². The molecular weight excluding hydrogens is 270 g/mol. The molecule has 0 aliphatic rings. The topological polar surface area (TPSA) is 98.2 Å². The van der Waals surface area contributed by atoms with Crippen molar-refractivity contribution < 1.29 is 15.0 Å². The minimum absolute atomic E-state index is 0.0181. The van der Waals surface area contributed by atoms with Crippen LogP contribution in [0.3, 0.4) is 0 Å². The molecule has 3 aromatic rings. The molecule has 0 atom stereocenters. The van der Waals surface area contributed by atoms with Gasteiger partial charge in [-0.2, -0.15) is 5.10 Å². The van der Waals surface area contributed by atoms with Crippen LogP contribution in [0.2, 0.25) is 0 Å². The van der Waals surface area contributed by atoms with Gasteiger partial charge in [0.25, 0.3) is 0 Å². The van der Waals surface area contributed by atoms with Crippen LogP contribution in [-0.4, -0.2) is 26.4 Å². The smallest absolute Gasteiger partial charge is 0.357 e. The van der Waals surface area contributed by atoms with E-state index in [1.807, 2.05) is 6.07 Å². The summed E-state index contributed by atoms with van der Waals surface area (Å²) in [4.78, 5) is 11.0. The SMILES string of the molecule is O=C(O)c1n[nH]c2cc(NCc3cccc(O)c3)ccc12. The molecule has 6 heteroatoms. The Bertz CT molecular complexity index is 811. The van der Waals surface area contributed by atoms with Crippen LogP contribution >= 0.6 is 0 Å². The Balaban J connectivity index is 1.80. The van der Waals surface area contributed by atoms with Gasteiger partial charge in [0.1, 0.15) is 5.75 Å². The minimum atomic E-state index is -1.05. The number of nitrogens with one attached hydrogen (secondary N) is 2. The lowest BCUT2D eigenvalue weighted by Crippen LogP contribution is -1.99. The van der Waals surface area contributed by atoms with E-state index in [9.17, 15) is 9.90 Å². The van der Waals surface area contributed by atoms with Crippen LogP contribution in [0.4, 0.5) is 5.69 Å². The van der Waals surface area contributed by atoms with Crippen LogP contribution in [0.25, 0.3) is 10.9 Å². The first-order valence-electron chi connectivity index (χ1n) is 6.37. The molecule has 2 aromatic carbocycles. The van der Waals surface area contributed by atoms with E-state index in [-0.39, 0.29) is 11.4 Å². The molecule has 4 N–H and O–H groups in total. The Hall–Kier alpha value is -3.02. The first kappa shape index (κ1) is 13.0. The molecule has 0 unspecified atom stereocenters. The van der Waals surface area contributed by atoms with Gasteiger partial charge in [-0.1, -0.05) is 12.1 Å². The Morgan fingerprint density at radius 2 is 2.10 bits per heavy atom. The minimum Gasteiger partial charge on any atom is -0.508 e. The number of aromatic nitrogens is 2. The van der Waals surface area contributed by atoms with Gasteiger partial charge in [0, 0.05) is 17.6 Å². The van der Waals surface area contributed by atoms with Crippen molar-refractivity contribution in [3.05, 3.63) is 53.7 Å². The Morgan fingerprint density at radius 1 is 1.24 bits per heavy atom. The van der Waals surface area contributed by atoms with Crippen molar-refractivity contribution in [2.75, 3.05) is 5.32 Å². The number of phenols is 1. The number of anilines is 1. The number of carbonyl (C=O) groups is 1. The number of H-pyrrole nitrogens is 1. The summed E-state index contributed by atoms with van der Waals surface area (Å²) >= 11 is 0. The predicted octanol–water partition coefficient (Wildman–Crippen LogP) is 2.58. The van der Waals surface area contributed by atoms with Crippen LogP contribution in [0.5, 0.6) is 5.75 Å². The molecule has 106 valence electrons. The van der Waals surface area contributed by atoms with E-state index in [2.05, 4.69) is 15.5 Å². The van der Waals surface area contributed by atoms with Gasteiger partial charge in [0.2, 0.25) is 0 Å². The first-order chi connectivity index (χ1) is 10.1. The molecule has 0 saturated carbocycles. The molecule has 1 aromatic heterocycles. The third kappa shape index (κ3) is 2.64.